The molecule has 0 aliphatic heterocycles. The summed E-state index contributed by atoms with van der Waals surface area (Å²) in [6.07, 6.45) is 5.58. The van der Waals surface area contributed by atoms with Gasteiger partial charge < -0.3 is 10.6 Å². The molecule has 1 aromatic heterocycles. The summed E-state index contributed by atoms with van der Waals surface area (Å²) in [6, 6.07) is 6.47. The first kappa shape index (κ1) is 14.4. The van der Waals surface area contributed by atoms with Gasteiger partial charge in [0.05, 0.1) is 11.9 Å². The van der Waals surface area contributed by atoms with Crippen molar-refractivity contribution >= 4 is 12.2 Å². The molecular weight excluding hydrogens is 255 g/mol. The first-order valence-electron chi connectivity index (χ1n) is 6.53. The van der Waals surface area contributed by atoms with E-state index in [1.807, 2.05) is 25.3 Å². The number of nitrogens with two attached hydrogens (primary N) is 1. The lowest BCUT2D eigenvalue weighted by Gasteiger charge is -2.14. The number of rotatable bonds is 6. The lowest BCUT2D eigenvalue weighted by atomic mass is 10.1. The van der Waals surface area contributed by atoms with Crippen LogP contribution in [0.5, 0.6) is 0 Å². The minimum atomic E-state index is -0.236. The Morgan fingerprint density at radius 2 is 2.25 bits per heavy atom. The van der Waals surface area contributed by atoms with Crippen LogP contribution in [-0.2, 0) is 6.54 Å². The van der Waals surface area contributed by atoms with E-state index in [9.17, 15) is 4.39 Å². The van der Waals surface area contributed by atoms with Crippen molar-refractivity contribution in [3.05, 3.63) is 53.1 Å². The van der Waals surface area contributed by atoms with Crippen LogP contribution in [0.1, 0.15) is 16.8 Å². The molecule has 3 N–H and O–H groups in total. The molecular formula is C15H19FN4. The topological polar surface area (TPSA) is 57.9 Å². The van der Waals surface area contributed by atoms with Gasteiger partial charge in [-0.15, -0.1) is 0 Å². The Balaban J connectivity index is 2.08. The highest BCUT2D eigenvalue weighted by Gasteiger charge is 2.05. The van der Waals surface area contributed by atoms with Crippen LogP contribution in [-0.4, -0.2) is 35.2 Å². The number of hydrogen-bond donors (Lipinski definition) is 2. The molecule has 0 amide bonds. The van der Waals surface area contributed by atoms with Gasteiger partial charge in [0.15, 0.2) is 0 Å². The van der Waals surface area contributed by atoms with Gasteiger partial charge in [-0.05, 0) is 30.8 Å². The second-order valence-electron chi connectivity index (χ2n) is 4.72. The van der Waals surface area contributed by atoms with Crippen LogP contribution < -0.4 is 5.73 Å². The highest BCUT2D eigenvalue weighted by Crippen LogP contribution is 2.12. The second-order valence-corrected chi connectivity index (χ2v) is 4.72. The quantitative estimate of drug-likeness (QED) is 0.848. The first-order valence-corrected chi connectivity index (χ1v) is 6.53. The number of H-pyrrole nitrogens is 1. The van der Waals surface area contributed by atoms with Gasteiger partial charge in [-0.25, -0.2) is 4.39 Å². The molecule has 0 saturated carbocycles. The SMILES string of the molecule is CN(CCN)Cc1cn[nH]c1/C=C/c1cccc(F)c1. The maximum atomic E-state index is 13.1. The molecule has 0 radical (unpaired) electrons. The van der Waals surface area contributed by atoms with E-state index in [4.69, 9.17) is 5.73 Å². The van der Waals surface area contributed by atoms with E-state index < -0.39 is 0 Å². The zero-order valence-electron chi connectivity index (χ0n) is 11.5. The lowest BCUT2D eigenvalue weighted by molar-refractivity contribution is 0.336. The largest absolute Gasteiger partial charge is 0.329 e. The second kappa shape index (κ2) is 6.98. The molecule has 2 aromatic rings. The third kappa shape index (κ3) is 4.01. The first-order chi connectivity index (χ1) is 9.69. The average Bonchev–Trinajstić information content (AvgIpc) is 2.84. The summed E-state index contributed by atoms with van der Waals surface area (Å²) in [7, 11) is 2.01. The van der Waals surface area contributed by atoms with E-state index in [0.717, 1.165) is 29.9 Å². The van der Waals surface area contributed by atoms with Gasteiger partial charge in [-0.1, -0.05) is 18.2 Å². The summed E-state index contributed by atoms with van der Waals surface area (Å²) in [5, 5.41) is 7.01. The fourth-order valence-electron chi connectivity index (χ4n) is 1.97. The summed E-state index contributed by atoms with van der Waals surface area (Å²) >= 11 is 0. The van der Waals surface area contributed by atoms with Crippen molar-refractivity contribution in [2.45, 2.75) is 6.54 Å². The molecule has 5 heteroatoms. The molecule has 0 bridgehead atoms. The number of likely N-dealkylation sites (N-methyl/N-ethyl adjacent to an activating group) is 1. The standard InChI is InChI=1S/C15H19FN4/c1-20(8-7-17)11-13-10-18-19-15(13)6-5-12-3-2-4-14(16)9-12/h2-6,9-10H,7-8,11,17H2,1H3,(H,18,19)/b6-5+. The van der Waals surface area contributed by atoms with Crippen LogP contribution in [0.3, 0.4) is 0 Å². The molecule has 2 rings (SSSR count). The number of aromatic nitrogens is 2. The Labute approximate surface area is 118 Å². The van der Waals surface area contributed by atoms with Gasteiger partial charge in [0.25, 0.3) is 0 Å². The predicted octanol–water partition coefficient (Wildman–Crippen LogP) is 2.11. The van der Waals surface area contributed by atoms with Crippen molar-refractivity contribution in [3.8, 4) is 0 Å². The molecule has 1 aromatic carbocycles. The van der Waals surface area contributed by atoms with Crippen LogP contribution in [0.15, 0.2) is 30.5 Å². The van der Waals surface area contributed by atoms with Gasteiger partial charge >= 0.3 is 0 Å². The number of halogens is 1. The van der Waals surface area contributed by atoms with E-state index in [1.165, 1.54) is 12.1 Å². The summed E-state index contributed by atoms with van der Waals surface area (Å²) in [5.74, 6) is -0.236. The number of hydrogen-bond acceptors (Lipinski definition) is 3. The Hall–Kier alpha value is -1.98. The van der Waals surface area contributed by atoms with Gasteiger partial charge in [-0.3, -0.25) is 5.10 Å². The third-order valence-corrected chi connectivity index (χ3v) is 2.99. The van der Waals surface area contributed by atoms with Crippen molar-refractivity contribution in [1.29, 1.82) is 0 Å². The molecule has 1 heterocycles. The summed E-state index contributed by atoms with van der Waals surface area (Å²) < 4.78 is 13.1. The molecule has 0 atom stereocenters. The van der Waals surface area contributed by atoms with Gasteiger partial charge in [0.2, 0.25) is 0 Å². The number of aromatic amines is 1. The molecule has 4 nitrogen and oxygen atoms in total. The van der Waals surface area contributed by atoms with Crippen molar-refractivity contribution in [2.24, 2.45) is 5.73 Å². The fourth-order valence-corrected chi connectivity index (χ4v) is 1.97. The Morgan fingerprint density at radius 3 is 3.00 bits per heavy atom. The van der Waals surface area contributed by atoms with E-state index >= 15 is 0 Å². The fraction of sp³-hybridized carbons (Fsp3) is 0.267. The van der Waals surface area contributed by atoms with E-state index in [0.29, 0.717) is 6.54 Å². The number of benzene rings is 1. The van der Waals surface area contributed by atoms with Crippen LogP contribution in [0.25, 0.3) is 12.2 Å². The molecule has 0 aliphatic rings. The minimum absolute atomic E-state index is 0.236. The third-order valence-electron chi connectivity index (χ3n) is 2.99. The van der Waals surface area contributed by atoms with Crippen molar-refractivity contribution in [2.75, 3.05) is 20.1 Å². The predicted molar refractivity (Wildman–Crippen MR) is 79.3 cm³/mol. The molecule has 20 heavy (non-hydrogen) atoms. The highest BCUT2D eigenvalue weighted by atomic mass is 19.1. The van der Waals surface area contributed by atoms with E-state index in [2.05, 4.69) is 15.1 Å². The zero-order chi connectivity index (χ0) is 14.4. The molecule has 0 spiro atoms. The molecule has 0 aliphatic carbocycles. The zero-order valence-corrected chi connectivity index (χ0v) is 11.5. The number of nitrogens with one attached hydrogen (secondary N) is 1. The van der Waals surface area contributed by atoms with Crippen molar-refractivity contribution < 1.29 is 4.39 Å². The Bertz CT molecular complexity index is 577. The van der Waals surface area contributed by atoms with E-state index in [-0.39, 0.29) is 5.82 Å². The average molecular weight is 274 g/mol. The molecule has 0 fully saturated rings. The van der Waals surface area contributed by atoms with Crippen LogP contribution in [0.4, 0.5) is 4.39 Å². The van der Waals surface area contributed by atoms with Gasteiger partial charge in [-0.2, -0.15) is 5.10 Å². The lowest BCUT2D eigenvalue weighted by Crippen LogP contribution is -2.25. The normalized spacial score (nSPS) is 11.6. The molecule has 0 unspecified atom stereocenters. The van der Waals surface area contributed by atoms with Gasteiger partial charge in [0, 0.05) is 25.2 Å². The van der Waals surface area contributed by atoms with Crippen LogP contribution in [0, 0.1) is 5.82 Å². The maximum Gasteiger partial charge on any atom is 0.123 e. The molecule has 106 valence electrons. The Morgan fingerprint density at radius 1 is 1.40 bits per heavy atom. The monoisotopic (exact) mass is 274 g/mol. The number of nitrogens with zero attached hydrogens (tertiary/aromatic N) is 2. The van der Waals surface area contributed by atoms with Gasteiger partial charge in [0.1, 0.15) is 5.82 Å². The van der Waals surface area contributed by atoms with Crippen LogP contribution >= 0.6 is 0 Å². The van der Waals surface area contributed by atoms with Crippen molar-refractivity contribution in [3.63, 3.8) is 0 Å². The molecule has 0 saturated heterocycles. The highest BCUT2D eigenvalue weighted by molar-refractivity contribution is 5.69. The maximum absolute atomic E-state index is 13.1. The summed E-state index contributed by atoms with van der Waals surface area (Å²) in [6.45, 7) is 2.23. The minimum Gasteiger partial charge on any atom is -0.329 e. The van der Waals surface area contributed by atoms with Crippen LogP contribution in [0.2, 0.25) is 0 Å². The van der Waals surface area contributed by atoms with Crippen molar-refractivity contribution in [1.82, 2.24) is 15.1 Å². The smallest absolute Gasteiger partial charge is 0.123 e. The summed E-state index contributed by atoms with van der Waals surface area (Å²) in [5.41, 5.74) is 8.37. The summed E-state index contributed by atoms with van der Waals surface area (Å²) in [4.78, 5) is 2.13. The van der Waals surface area contributed by atoms with E-state index in [1.54, 1.807) is 12.3 Å². The Kier molecular flexibility index (Phi) is 5.03.